The number of nitrogens with zero attached hydrogens (tertiary/aromatic N) is 2. The van der Waals surface area contributed by atoms with Gasteiger partial charge in [0.25, 0.3) is 0 Å². The van der Waals surface area contributed by atoms with Gasteiger partial charge in [0, 0.05) is 25.1 Å². The highest BCUT2D eigenvalue weighted by Gasteiger charge is 2.33. The molecular formula is C31H32N2O4. The molecule has 1 aliphatic rings. The van der Waals surface area contributed by atoms with Crippen LogP contribution in [0, 0.1) is 11.8 Å². The van der Waals surface area contributed by atoms with Crippen LogP contribution in [0.5, 0.6) is 11.5 Å². The van der Waals surface area contributed by atoms with Gasteiger partial charge in [-0.05, 0) is 66.6 Å². The molecule has 0 unspecified atom stereocenters. The number of benzene rings is 3. The molecule has 3 aromatic carbocycles. The molecule has 4 aromatic rings. The molecule has 1 saturated heterocycles. The first kappa shape index (κ1) is 24.6. The maximum atomic E-state index is 12.5. The van der Waals surface area contributed by atoms with Crippen LogP contribution in [0.3, 0.4) is 0 Å². The molecule has 1 amide bonds. The molecule has 1 fully saturated rings. The third kappa shape index (κ3) is 6.58. The van der Waals surface area contributed by atoms with Crippen molar-refractivity contribution in [1.82, 2.24) is 9.88 Å². The molecule has 37 heavy (non-hydrogen) atoms. The van der Waals surface area contributed by atoms with Crippen LogP contribution < -0.4 is 9.47 Å². The van der Waals surface area contributed by atoms with Crippen LogP contribution in [-0.4, -0.2) is 35.7 Å². The summed E-state index contributed by atoms with van der Waals surface area (Å²) >= 11 is 0. The molecule has 1 aromatic heterocycles. The standard InChI is InChI=1S/C31H32N2O4/c1-23-21-33(31(34)37-28-10-6-3-7-11-28)22-26(23)15-12-24-13-16-27(17-14-24)35-19-18-29-20-32-30(36-29)25-8-4-2-5-9-25/h2-11,13-14,16-17,20,23,26H,12,15,18-19,21-22H2,1H3/t23-,26+/m0/s1. The Kier molecular flexibility index (Phi) is 7.84. The second-order valence-corrected chi connectivity index (χ2v) is 9.60. The molecule has 0 aliphatic carbocycles. The Bertz CT molecular complexity index is 1270. The number of rotatable bonds is 9. The SMILES string of the molecule is C[C@H]1CN(C(=O)Oc2ccccc2)C[C@H]1CCc1ccc(OCCc2cnc(-c3ccccc3)o2)cc1. The van der Waals surface area contributed by atoms with Gasteiger partial charge in [0.15, 0.2) is 0 Å². The van der Waals surface area contributed by atoms with E-state index < -0.39 is 0 Å². The molecule has 2 atom stereocenters. The zero-order valence-electron chi connectivity index (χ0n) is 21.1. The Morgan fingerprint density at radius 1 is 0.919 bits per heavy atom. The van der Waals surface area contributed by atoms with Crippen molar-refractivity contribution in [3.8, 4) is 23.0 Å². The fourth-order valence-electron chi connectivity index (χ4n) is 4.72. The monoisotopic (exact) mass is 496 g/mol. The van der Waals surface area contributed by atoms with Gasteiger partial charge < -0.3 is 18.8 Å². The number of amides is 1. The second-order valence-electron chi connectivity index (χ2n) is 9.60. The van der Waals surface area contributed by atoms with Crippen molar-refractivity contribution < 1.29 is 18.7 Å². The van der Waals surface area contributed by atoms with Gasteiger partial charge in [0.2, 0.25) is 5.89 Å². The number of hydrogen-bond acceptors (Lipinski definition) is 5. The predicted octanol–water partition coefficient (Wildman–Crippen LogP) is 6.66. The lowest BCUT2D eigenvalue weighted by Gasteiger charge is -2.16. The largest absolute Gasteiger partial charge is 0.493 e. The van der Waals surface area contributed by atoms with Crippen molar-refractivity contribution in [2.24, 2.45) is 11.8 Å². The first-order valence-electron chi connectivity index (χ1n) is 12.9. The lowest BCUT2D eigenvalue weighted by Crippen LogP contribution is -2.31. The van der Waals surface area contributed by atoms with Crippen molar-refractivity contribution in [2.45, 2.75) is 26.2 Å². The van der Waals surface area contributed by atoms with Gasteiger partial charge in [-0.1, -0.05) is 55.5 Å². The van der Waals surface area contributed by atoms with Gasteiger partial charge in [-0.2, -0.15) is 0 Å². The number of para-hydroxylation sites is 1. The average molecular weight is 497 g/mol. The first-order valence-corrected chi connectivity index (χ1v) is 12.9. The minimum absolute atomic E-state index is 0.260. The predicted molar refractivity (Wildman–Crippen MR) is 143 cm³/mol. The minimum Gasteiger partial charge on any atom is -0.493 e. The van der Waals surface area contributed by atoms with Crippen LogP contribution in [0.25, 0.3) is 11.5 Å². The second kappa shape index (κ2) is 11.8. The maximum Gasteiger partial charge on any atom is 0.415 e. The lowest BCUT2D eigenvalue weighted by molar-refractivity contribution is 0.160. The molecule has 2 heterocycles. The van der Waals surface area contributed by atoms with Crippen molar-refractivity contribution in [3.05, 3.63) is 102 Å². The number of carbonyl (C=O) groups is 1. The molecule has 0 N–H and O–H groups in total. The summed E-state index contributed by atoms with van der Waals surface area (Å²) in [6.07, 6.45) is 4.16. The van der Waals surface area contributed by atoms with Gasteiger partial charge in [-0.25, -0.2) is 9.78 Å². The van der Waals surface area contributed by atoms with E-state index in [4.69, 9.17) is 13.9 Å². The quantitative estimate of drug-likeness (QED) is 0.259. The number of likely N-dealkylation sites (tertiary alicyclic amines) is 1. The van der Waals surface area contributed by atoms with E-state index in [1.165, 1.54) is 5.56 Å². The summed E-state index contributed by atoms with van der Waals surface area (Å²) in [4.78, 5) is 18.7. The van der Waals surface area contributed by atoms with Gasteiger partial charge in [-0.3, -0.25) is 0 Å². The van der Waals surface area contributed by atoms with Crippen LogP contribution >= 0.6 is 0 Å². The van der Waals surface area contributed by atoms with E-state index in [0.717, 1.165) is 43.0 Å². The van der Waals surface area contributed by atoms with E-state index in [0.29, 0.717) is 36.5 Å². The molecular weight excluding hydrogens is 464 g/mol. The van der Waals surface area contributed by atoms with Crippen LogP contribution in [0.15, 0.2) is 95.5 Å². The summed E-state index contributed by atoms with van der Waals surface area (Å²) in [5.74, 6) is 3.78. The van der Waals surface area contributed by atoms with Crippen LogP contribution in [0.1, 0.15) is 24.7 Å². The lowest BCUT2D eigenvalue weighted by atomic mass is 9.91. The Labute approximate surface area is 217 Å². The van der Waals surface area contributed by atoms with Gasteiger partial charge in [0.05, 0.1) is 12.8 Å². The number of hydrogen-bond donors (Lipinski definition) is 0. The van der Waals surface area contributed by atoms with Crippen LogP contribution in [0.2, 0.25) is 0 Å². The molecule has 6 nitrogen and oxygen atoms in total. The van der Waals surface area contributed by atoms with Gasteiger partial charge >= 0.3 is 6.09 Å². The molecule has 0 bridgehead atoms. The van der Waals surface area contributed by atoms with Gasteiger partial charge in [0.1, 0.15) is 17.3 Å². The summed E-state index contributed by atoms with van der Waals surface area (Å²) in [6, 6.07) is 27.4. The normalized spacial score (nSPS) is 17.1. The van der Waals surface area contributed by atoms with Crippen molar-refractivity contribution >= 4 is 6.09 Å². The van der Waals surface area contributed by atoms with Crippen molar-refractivity contribution in [3.63, 3.8) is 0 Å². The molecule has 5 rings (SSSR count). The zero-order chi connectivity index (χ0) is 25.5. The number of aryl methyl sites for hydroxylation is 1. The zero-order valence-corrected chi connectivity index (χ0v) is 21.1. The summed E-state index contributed by atoms with van der Waals surface area (Å²) in [6.45, 7) is 4.22. The number of aromatic nitrogens is 1. The van der Waals surface area contributed by atoms with E-state index in [1.54, 1.807) is 18.3 Å². The van der Waals surface area contributed by atoms with E-state index in [9.17, 15) is 4.79 Å². The summed E-state index contributed by atoms with van der Waals surface area (Å²) < 4.78 is 17.3. The van der Waals surface area contributed by atoms with Crippen molar-refractivity contribution in [2.75, 3.05) is 19.7 Å². The smallest absolute Gasteiger partial charge is 0.415 e. The van der Waals surface area contributed by atoms with Crippen LogP contribution in [0.4, 0.5) is 4.79 Å². The molecule has 0 spiro atoms. The van der Waals surface area contributed by atoms with E-state index >= 15 is 0 Å². The minimum atomic E-state index is -0.260. The summed E-state index contributed by atoms with van der Waals surface area (Å²) in [5.41, 5.74) is 2.24. The third-order valence-electron chi connectivity index (χ3n) is 6.89. The summed E-state index contributed by atoms with van der Waals surface area (Å²) in [5, 5.41) is 0. The first-order chi connectivity index (χ1) is 18.1. The van der Waals surface area contributed by atoms with Crippen molar-refractivity contribution in [1.29, 1.82) is 0 Å². The Morgan fingerprint density at radius 2 is 1.65 bits per heavy atom. The fourth-order valence-corrected chi connectivity index (χ4v) is 4.72. The molecule has 1 aliphatic heterocycles. The van der Waals surface area contributed by atoms with Crippen LogP contribution in [-0.2, 0) is 12.8 Å². The Morgan fingerprint density at radius 3 is 2.41 bits per heavy atom. The molecule has 0 radical (unpaired) electrons. The number of oxazole rings is 1. The van der Waals surface area contributed by atoms with E-state index in [2.05, 4.69) is 24.0 Å². The van der Waals surface area contributed by atoms with E-state index in [-0.39, 0.29) is 6.09 Å². The molecule has 0 saturated carbocycles. The highest BCUT2D eigenvalue weighted by molar-refractivity contribution is 5.71. The topological polar surface area (TPSA) is 64.8 Å². The van der Waals surface area contributed by atoms with Gasteiger partial charge in [-0.15, -0.1) is 0 Å². The molecule has 190 valence electrons. The summed E-state index contributed by atoms with van der Waals surface area (Å²) in [7, 11) is 0. The Hall–Kier alpha value is -4.06. The fraction of sp³-hybridized carbons (Fsp3) is 0.290. The average Bonchev–Trinajstić information content (AvgIpc) is 3.56. The third-order valence-corrected chi connectivity index (χ3v) is 6.89. The number of carbonyl (C=O) groups excluding carboxylic acids is 1. The molecule has 6 heteroatoms. The maximum absolute atomic E-state index is 12.5. The highest BCUT2D eigenvalue weighted by Crippen LogP contribution is 2.28. The highest BCUT2D eigenvalue weighted by atomic mass is 16.6. The van der Waals surface area contributed by atoms with E-state index in [1.807, 2.05) is 65.6 Å². The number of ether oxygens (including phenoxy) is 2. The Balaban J connectivity index is 1.04.